The van der Waals surface area contributed by atoms with E-state index in [1.165, 1.54) is 0 Å². The van der Waals surface area contributed by atoms with E-state index >= 15 is 0 Å². The van der Waals surface area contributed by atoms with Gasteiger partial charge < -0.3 is 37.9 Å². The van der Waals surface area contributed by atoms with Crippen LogP contribution in [-0.2, 0) is 54.5 Å². The first-order chi connectivity index (χ1) is 17.9. The zero-order chi connectivity index (χ0) is 27.1. The fraction of sp³-hybridized carbons (Fsp3) is 0.692. The maximum Gasteiger partial charge on any atom is 0.209 e. The van der Waals surface area contributed by atoms with E-state index in [0.717, 1.165) is 11.8 Å². The Labute approximate surface area is 223 Å². The molecule has 0 unspecified atom stereocenters. The minimum atomic E-state index is -3.47. The molecule has 0 saturated carbocycles. The van der Waals surface area contributed by atoms with Crippen LogP contribution < -0.4 is 4.72 Å². The third-order valence-corrected chi connectivity index (χ3v) is 7.30. The van der Waals surface area contributed by atoms with Crippen LogP contribution in [0.2, 0.25) is 0 Å². The quantitative estimate of drug-likeness (QED) is 0.452. The molecule has 3 saturated heterocycles. The number of ether oxygens (including phenoxy) is 8. The maximum atomic E-state index is 11.9. The molecular formula is C26H37NO10S. The largest absolute Gasteiger partial charge is 0.374 e. The number of rotatable bonds is 9. The maximum absolute atomic E-state index is 11.9. The van der Waals surface area contributed by atoms with Gasteiger partial charge in [0, 0.05) is 0 Å². The molecule has 212 valence electrons. The second kappa shape index (κ2) is 10.8. The van der Waals surface area contributed by atoms with E-state index < -0.39 is 64.6 Å². The van der Waals surface area contributed by atoms with Crippen molar-refractivity contribution in [2.45, 2.75) is 95.0 Å². The van der Waals surface area contributed by atoms with Gasteiger partial charge in [-0.2, -0.15) is 0 Å². The van der Waals surface area contributed by atoms with Gasteiger partial charge in [0.2, 0.25) is 10.0 Å². The predicted octanol–water partition coefficient (Wildman–Crippen LogP) is 1.82. The predicted molar refractivity (Wildman–Crippen MR) is 134 cm³/mol. The molecule has 0 radical (unpaired) electrons. The third-order valence-electron chi connectivity index (χ3n) is 6.60. The number of sulfonamides is 1. The number of hydrogen-bond donors (Lipinski definition) is 1. The van der Waals surface area contributed by atoms with Crippen LogP contribution >= 0.6 is 0 Å². The number of fused-ring (bicyclic) bond motifs is 3. The van der Waals surface area contributed by atoms with E-state index in [4.69, 9.17) is 37.9 Å². The van der Waals surface area contributed by atoms with Gasteiger partial charge in [0.1, 0.15) is 30.5 Å². The minimum Gasteiger partial charge on any atom is -0.374 e. The van der Waals surface area contributed by atoms with E-state index in [-0.39, 0.29) is 19.3 Å². The minimum absolute atomic E-state index is 0.129. The molecule has 4 heterocycles. The zero-order valence-electron chi connectivity index (χ0n) is 22.3. The van der Waals surface area contributed by atoms with Crippen LogP contribution in [0.3, 0.4) is 0 Å². The van der Waals surface area contributed by atoms with Gasteiger partial charge in [-0.15, -0.1) is 0 Å². The van der Waals surface area contributed by atoms with Crippen molar-refractivity contribution in [3.63, 3.8) is 0 Å². The first-order valence-electron chi connectivity index (χ1n) is 12.8. The monoisotopic (exact) mass is 555 g/mol. The van der Waals surface area contributed by atoms with Crippen LogP contribution in [0.4, 0.5) is 0 Å². The van der Waals surface area contributed by atoms with E-state index in [0.29, 0.717) is 6.61 Å². The van der Waals surface area contributed by atoms with Crippen molar-refractivity contribution in [3.8, 4) is 0 Å². The van der Waals surface area contributed by atoms with Gasteiger partial charge >= 0.3 is 0 Å². The van der Waals surface area contributed by atoms with Gasteiger partial charge in [-0.25, -0.2) is 13.1 Å². The second-order valence-corrected chi connectivity index (χ2v) is 12.7. The molecular weight excluding hydrogens is 518 g/mol. The summed E-state index contributed by atoms with van der Waals surface area (Å²) in [5, 5.41) is 0. The standard InChI is InChI=1S/C26H37NO10S/c1-25(2)34-21-19(33-24-23(22(21)35-25)36-26(3,4)37-24)15-31-20-12-11-17(27-38(5,28)29)18(32-20)14-30-13-16-9-7-6-8-10-16/h6-12,17-24,27H,13-15H2,1-5H3/t17-,18+,19+,20-,21-,22-,23+,24+/m0/s1. The molecule has 3 fully saturated rings. The summed E-state index contributed by atoms with van der Waals surface area (Å²) >= 11 is 0. The van der Waals surface area contributed by atoms with Crippen molar-refractivity contribution < 1.29 is 46.3 Å². The lowest BCUT2D eigenvalue weighted by molar-refractivity contribution is -0.257. The lowest BCUT2D eigenvalue weighted by Crippen LogP contribution is -2.56. The van der Waals surface area contributed by atoms with Crippen molar-refractivity contribution in [1.82, 2.24) is 4.72 Å². The van der Waals surface area contributed by atoms with Crippen molar-refractivity contribution in [2.75, 3.05) is 19.5 Å². The summed E-state index contributed by atoms with van der Waals surface area (Å²) in [6.07, 6.45) is 0.791. The SMILES string of the molecule is CC1(C)O[C@H]2[C@@H](O1)[C@@H](CO[C@@H]1C=C[C@H](NS(C)(=O)=O)[C@@H](COCc3ccccc3)O1)O[C@@H]1OC(C)(C)O[C@@H]12. The first-order valence-corrected chi connectivity index (χ1v) is 14.7. The highest BCUT2D eigenvalue weighted by Gasteiger charge is 2.60. The summed E-state index contributed by atoms with van der Waals surface area (Å²) in [5.74, 6) is -1.62. The van der Waals surface area contributed by atoms with Gasteiger partial charge in [-0.05, 0) is 39.3 Å². The molecule has 5 rings (SSSR count). The van der Waals surface area contributed by atoms with E-state index in [1.807, 2.05) is 58.0 Å². The van der Waals surface area contributed by atoms with Gasteiger partial charge in [-0.3, -0.25) is 0 Å². The van der Waals surface area contributed by atoms with Gasteiger partial charge in [-0.1, -0.05) is 36.4 Å². The van der Waals surface area contributed by atoms with Crippen LogP contribution in [0.15, 0.2) is 42.5 Å². The second-order valence-electron chi connectivity index (χ2n) is 10.9. The summed E-state index contributed by atoms with van der Waals surface area (Å²) in [7, 11) is -3.47. The van der Waals surface area contributed by atoms with Crippen LogP contribution in [0, 0.1) is 0 Å². The van der Waals surface area contributed by atoms with Crippen LogP contribution in [0.25, 0.3) is 0 Å². The fourth-order valence-electron chi connectivity index (χ4n) is 5.12. The molecule has 8 atom stereocenters. The van der Waals surface area contributed by atoms with Crippen molar-refractivity contribution in [1.29, 1.82) is 0 Å². The average molecular weight is 556 g/mol. The molecule has 0 aliphatic carbocycles. The molecule has 4 aliphatic rings. The highest BCUT2D eigenvalue weighted by molar-refractivity contribution is 7.88. The molecule has 1 aromatic carbocycles. The Morgan fingerprint density at radius 2 is 1.53 bits per heavy atom. The summed E-state index contributed by atoms with van der Waals surface area (Å²) < 4.78 is 74.9. The number of benzene rings is 1. The Morgan fingerprint density at radius 1 is 0.842 bits per heavy atom. The lowest BCUT2D eigenvalue weighted by atomic mass is 9.99. The smallest absolute Gasteiger partial charge is 0.209 e. The van der Waals surface area contributed by atoms with Crippen molar-refractivity contribution in [3.05, 3.63) is 48.0 Å². The zero-order valence-corrected chi connectivity index (χ0v) is 23.1. The summed E-state index contributed by atoms with van der Waals surface area (Å²) in [5.41, 5.74) is 1.00. The molecule has 0 spiro atoms. The Hall–Kier alpha value is -1.45. The summed E-state index contributed by atoms with van der Waals surface area (Å²) in [6, 6.07) is 9.11. The average Bonchev–Trinajstić information content (AvgIpc) is 3.32. The van der Waals surface area contributed by atoms with E-state index in [2.05, 4.69) is 4.72 Å². The van der Waals surface area contributed by atoms with Crippen LogP contribution in [0.1, 0.15) is 33.3 Å². The van der Waals surface area contributed by atoms with Crippen molar-refractivity contribution >= 4 is 10.0 Å². The third kappa shape index (κ3) is 6.81. The Bertz CT molecular complexity index is 1090. The lowest BCUT2D eigenvalue weighted by Gasteiger charge is -2.38. The Balaban J connectivity index is 1.22. The molecule has 0 aromatic heterocycles. The summed E-state index contributed by atoms with van der Waals surface area (Å²) in [6.45, 7) is 8.02. The number of hydrogen-bond acceptors (Lipinski definition) is 10. The topological polar surface area (TPSA) is 120 Å². The molecule has 11 nitrogen and oxygen atoms in total. The van der Waals surface area contributed by atoms with Gasteiger partial charge in [0.15, 0.2) is 24.2 Å². The number of nitrogens with one attached hydrogen (secondary N) is 1. The Morgan fingerprint density at radius 3 is 2.26 bits per heavy atom. The highest BCUT2D eigenvalue weighted by Crippen LogP contribution is 2.44. The van der Waals surface area contributed by atoms with Gasteiger partial charge in [0.25, 0.3) is 0 Å². The molecule has 4 aliphatic heterocycles. The molecule has 0 amide bonds. The van der Waals surface area contributed by atoms with Crippen LogP contribution in [-0.4, -0.2) is 88.6 Å². The molecule has 1 N–H and O–H groups in total. The molecule has 38 heavy (non-hydrogen) atoms. The Kier molecular flexibility index (Phi) is 8.02. The van der Waals surface area contributed by atoms with Crippen molar-refractivity contribution in [2.24, 2.45) is 0 Å². The molecule has 12 heteroatoms. The highest BCUT2D eigenvalue weighted by atomic mass is 32.2. The summed E-state index contributed by atoms with van der Waals surface area (Å²) in [4.78, 5) is 0. The molecule has 1 aromatic rings. The van der Waals surface area contributed by atoms with Crippen LogP contribution in [0.5, 0.6) is 0 Å². The van der Waals surface area contributed by atoms with E-state index in [9.17, 15) is 8.42 Å². The van der Waals surface area contributed by atoms with E-state index in [1.54, 1.807) is 12.2 Å². The fourth-order valence-corrected chi connectivity index (χ4v) is 5.85. The first kappa shape index (κ1) is 28.1. The van der Waals surface area contributed by atoms with Gasteiger partial charge in [0.05, 0.1) is 32.1 Å². The molecule has 0 bridgehead atoms. The normalized spacial score (nSPS) is 37.6.